The molecule has 0 aromatic heterocycles. The van der Waals surface area contributed by atoms with Crippen LogP contribution in [0.4, 0.5) is 0 Å². The fourth-order valence-corrected chi connectivity index (χ4v) is 6.56. The van der Waals surface area contributed by atoms with Crippen molar-refractivity contribution in [1.82, 2.24) is 0 Å². The predicted octanol–water partition coefficient (Wildman–Crippen LogP) is 10.1. The Morgan fingerprint density at radius 2 is 0.537 bits per heavy atom. The Hall–Kier alpha value is -0.160. The zero-order valence-corrected chi connectivity index (χ0v) is 28.6. The van der Waals surface area contributed by atoms with Gasteiger partial charge in [0, 0.05) is 0 Å². The van der Waals surface area contributed by atoms with Gasteiger partial charge in [0.15, 0.2) is 5.54 Å². The van der Waals surface area contributed by atoms with Gasteiger partial charge in [0.25, 0.3) is 0 Å². The predicted molar refractivity (Wildman–Crippen MR) is 181 cm³/mol. The zero-order valence-electron chi connectivity index (χ0n) is 28.6. The number of rotatable bonds is 34. The van der Waals surface area contributed by atoms with Crippen molar-refractivity contribution in [2.75, 3.05) is 40.0 Å². The van der Waals surface area contributed by atoms with E-state index in [4.69, 9.17) is 0 Å². The van der Waals surface area contributed by atoms with Gasteiger partial charge in [-0.15, -0.1) is 0 Å². The molecule has 0 radical (unpaired) electrons. The Morgan fingerprint density at radius 1 is 0.341 bits per heavy atom. The Morgan fingerprint density at radius 3 is 0.732 bits per heavy atom. The molecule has 0 bridgehead atoms. The van der Waals surface area contributed by atoms with Crippen LogP contribution in [0.5, 0.6) is 0 Å². The highest BCUT2D eigenvalue weighted by Gasteiger charge is 2.46. The highest BCUT2D eigenvalue weighted by atomic mass is 16.3. The van der Waals surface area contributed by atoms with Crippen LogP contribution in [0.25, 0.3) is 0 Å². The number of aliphatic hydroxyl groups is 3. The first kappa shape index (κ1) is 40.8. The van der Waals surface area contributed by atoms with Gasteiger partial charge in [-0.1, -0.05) is 168 Å². The molecule has 0 fully saturated rings. The molecule has 4 nitrogen and oxygen atoms in total. The molecule has 0 aliphatic rings. The normalized spacial score (nSPS) is 12.4. The van der Waals surface area contributed by atoms with Crippen molar-refractivity contribution in [2.45, 2.75) is 199 Å². The molecule has 4 heteroatoms. The van der Waals surface area contributed by atoms with Crippen molar-refractivity contribution in [3.05, 3.63) is 0 Å². The number of unbranched alkanes of at least 4 members (excludes halogenated alkanes) is 26. The highest BCUT2D eigenvalue weighted by Crippen LogP contribution is 2.26. The first-order chi connectivity index (χ1) is 20.1. The van der Waals surface area contributed by atoms with E-state index in [1.165, 1.54) is 167 Å². The van der Waals surface area contributed by atoms with Gasteiger partial charge in [-0.3, -0.25) is 0 Å². The minimum Gasteiger partial charge on any atom is -0.390 e. The maximum absolute atomic E-state index is 10.2. The first-order valence-corrected chi connectivity index (χ1v) is 18.7. The average molecular weight is 585 g/mol. The molecule has 0 atom stereocenters. The SMILES string of the molecule is CCCCCCCCCCCCCCCC[N+](C)(CCCCCCCCCCCCCCCC)C(CO)(CO)CO. The van der Waals surface area contributed by atoms with Crippen LogP contribution in [0.3, 0.4) is 0 Å². The summed E-state index contributed by atoms with van der Waals surface area (Å²) in [6.07, 6.45) is 37.8. The number of likely N-dealkylation sites (N-methyl/N-ethyl adjacent to an activating group) is 1. The first-order valence-electron chi connectivity index (χ1n) is 18.7. The number of nitrogens with zero attached hydrogens (tertiary/aromatic N) is 1. The van der Waals surface area contributed by atoms with E-state index in [0.717, 1.165) is 25.9 Å². The third-order valence-corrected chi connectivity index (χ3v) is 10.0. The minimum absolute atomic E-state index is 0.159. The molecule has 0 saturated carbocycles. The maximum atomic E-state index is 10.2. The molecule has 0 saturated heterocycles. The summed E-state index contributed by atoms with van der Waals surface area (Å²) in [6.45, 7) is 5.95. The quantitative estimate of drug-likeness (QED) is 0.0521. The number of aliphatic hydroxyl groups excluding tert-OH is 3. The second-order valence-corrected chi connectivity index (χ2v) is 13.7. The Balaban J connectivity index is 4.06. The van der Waals surface area contributed by atoms with Crippen molar-refractivity contribution in [2.24, 2.45) is 0 Å². The van der Waals surface area contributed by atoms with Crippen molar-refractivity contribution in [3.63, 3.8) is 0 Å². The molecular formula is C37H78NO3+. The van der Waals surface area contributed by atoms with Crippen molar-refractivity contribution >= 4 is 0 Å². The van der Waals surface area contributed by atoms with Crippen LogP contribution in [-0.4, -0.2) is 65.3 Å². The van der Waals surface area contributed by atoms with Crippen LogP contribution in [0.2, 0.25) is 0 Å². The summed E-state index contributed by atoms with van der Waals surface area (Å²) in [6, 6.07) is 0. The molecule has 0 rings (SSSR count). The summed E-state index contributed by atoms with van der Waals surface area (Å²) in [5.41, 5.74) is -0.840. The van der Waals surface area contributed by atoms with Gasteiger partial charge in [0.1, 0.15) is 19.8 Å². The highest BCUT2D eigenvalue weighted by molar-refractivity contribution is 4.80. The maximum Gasteiger partial charge on any atom is 0.169 e. The second kappa shape index (κ2) is 29.9. The molecule has 41 heavy (non-hydrogen) atoms. The minimum atomic E-state index is -0.840. The van der Waals surface area contributed by atoms with E-state index in [1.54, 1.807) is 0 Å². The van der Waals surface area contributed by atoms with Crippen molar-refractivity contribution < 1.29 is 19.8 Å². The molecule has 0 heterocycles. The molecule has 0 spiro atoms. The lowest BCUT2D eigenvalue weighted by Gasteiger charge is -2.49. The fourth-order valence-electron chi connectivity index (χ4n) is 6.56. The Kier molecular flexibility index (Phi) is 29.8. The van der Waals surface area contributed by atoms with Gasteiger partial charge in [-0.25, -0.2) is 0 Å². The van der Waals surface area contributed by atoms with Crippen LogP contribution in [0.15, 0.2) is 0 Å². The summed E-state index contributed by atoms with van der Waals surface area (Å²) in [7, 11) is 2.16. The van der Waals surface area contributed by atoms with Crippen molar-refractivity contribution in [1.29, 1.82) is 0 Å². The summed E-state index contributed by atoms with van der Waals surface area (Å²) in [5, 5.41) is 30.6. The van der Waals surface area contributed by atoms with E-state index in [2.05, 4.69) is 20.9 Å². The Bertz CT molecular complexity index is 468. The van der Waals surface area contributed by atoms with Crippen LogP contribution in [0.1, 0.15) is 194 Å². The van der Waals surface area contributed by atoms with E-state index in [9.17, 15) is 15.3 Å². The van der Waals surface area contributed by atoms with Gasteiger partial charge in [0.2, 0.25) is 0 Å². The van der Waals surface area contributed by atoms with E-state index >= 15 is 0 Å². The lowest BCUT2D eigenvalue weighted by atomic mass is 9.94. The zero-order chi connectivity index (χ0) is 30.3. The van der Waals surface area contributed by atoms with Gasteiger partial charge < -0.3 is 19.8 Å². The van der Waals surface area contributed by atoms with E-state index < -0.39 is 5.54 Å². The monoisotopic (exact) mass is 585 g/mol. The number of quaternary nitrogens is 1. The lowest BCUT2D eigenvalue weighted by molar-refractivity contribution is -0.961. The summed E-state index contributed by atoms with van der Waals surface area (Å²) < 4.78 is 0.590. The molecule has 0 unspecified atom stereocenters. The lowest BCUT2D eigenvalue weighted by Crippen LogP contribution is -2.68. The van der Waals surface area contributed by atoms with E-state index in [0.29, 0.717) is 4.48 Å². The third kappa shape index (κ3) is 21.2. The second-order valence-electron chi connectivity index (χ2n) is 13.7. The smallest absolute Gasteiger partial charge is 0.169 e. The molecule has 0 aromatic rings. The summed E-state index contributed by atoms with van der Waals surface area (Å²) in [4.78, 5) is 0. The van der Waals surface area contributed by atoms with Gasteiger partial charge >= 0.3 is 0 Å². The summed E-state index contributed by atoms with van der Waals surface area (Å²) >= 11 is 0. The molecule has 248 valence electrons. The number of hydrogen-bond acceptors (Lipinski definition) is 3. The average Bonchev–Trinajstić information content (AvgIpc) is 2.98. The van der Waals surface area contributed by atoms with Crippen LogP contribution < -0.4 is 0 Å². The van der Waals surface area contributed by atoms with Crippen LogP contribution in [0, 0.1) is 0 Å². The van der Waals surface area contributed by atoms with Crippen LogP contribution >= 0.6 is 0 Å². The molecule has 0 aliphatic carbocycles. The molecule has 0 amide bonds. The van der Waals surface area contributed by atoms with Gasteiger partial charge in [-0.05, 0) is 25.7 Å². The largest absolute Gasteiger partial charge is 0.390 e. The molecule has 0 aliphatic heterocycles. The topological polar surface area (TPSA) is 60.7 Å². The van der Waals surface area contributed by atoms with Gasteiger partial charge in [-0.2, -0.15) is 0 Å². The summed E-state index contributed by atoms with van der Waals surface area (Å²) in [5.74, 6) is 0. The van der Waals surface area contributed by atoms with E-state index in [1.807, 2.05) is 0 Å². The van der Waals surface area contributed by atoms with E-state index in [-0.39, 0.29) is 19.8 Å². The standard InChI is InChI=1S/C37H78NO3/c1-4-6-8-10-12-14-16-18-20-22-24-26-28-30-32-38(3,37(34-39,35-40)36-41)33-31-29-27-25-23-21-19-17-15-13-11-9-7-5-2/h39-41H,4-36H2,1-3H3/q+1. The molecule has 0 aromatic carbocycles. The van der Waals surface area contributed by atoms with Gasteiger partial charge in [0.05, 0.1) is 20.1 Å². The fraction of sp³-hybridized carbons (Fsp3) is 1.00. The third-order valence-electron chi connectivity index (χ3n) is 10.0. The molecule has 3 N–H and O–H groups in total. The van der Waals surface area contributed by atoms with Crippen LogP contribution in [-0.2, 0) is 0 Å². The Labute approximate surface area is 258 Å². The van der Waals surface area contributed by atoms with Crippen molar-refractivity contribution in [3.8, 4) is 0 Å². The number of hydrogen-bond donors (Lipinski definition) is 3. The molecular weight excluding hydrogens is 506 g/mol.